The number of nitrogens with zero attached hydrogens (tertiary/aromatic N) is 4. The molecule has 2 aliphatic rings. The fraction of sp³-hybridized carbons (Fsp3) is 1.00. The van der Waals surface area contributed by atoms with Gasteiger partial charge in [-0.2, -0.15) is 0 Å². The van der Waals surface area contributed by atoms with Crippen LogP contribution in [0.3, 0.4) is 0 Å². The smallest absolute Gasteiger partial charge is 0.0714 e. The Kier molecular flexibility index (Phi) is 29.3. The molecule has 0 amide bonds. The van der Waals surface area contributed by atoms with Gasteiger partial charge in [-0.15, -0.1) is 0 Å². The molecule has 2 fully saturated rings. The van der Waals surface area contributed by atoms with Crippen LogP contribution < -0.4 is 0 Å². The summed E-state index contributed by atoms with van der Waals surface area (Å²) >= 11 is 0. The quantitative estimate of drug-likeness (QED) is 0.244. The SMILES string of the molecule is CC.CC(C)CCCN1CCOCC1.CC(C)CN(C)C.CCCCN1CCOC(CCN(C)CC(C)C)C1. The lowest BCUT2D eigenvalue weighted by Gasteiger charge is -2.33. The first-order valence-electron chi connectivity index (χ1n) is 16.5. The van der Waals surface area contributed by atoms with E-state index in [1.165, 1.54) is 58.3 Å². The normalized spacial score (nSPS) is 18.5. The summed E-state index contributed by atoms with van der Waals surface area (Å²) in [6.07, 6.45) is 6.94. The Balaban J connectivity index is 0. The Labute approximate surface area is 247 Å². The summed E-state index contributed by atoms with van der Waals surface area (Å²) in [5, 5.41) is 0. The van der Waals surface area contributed by atoms with E-state index in [4.69, 9.17) is 9.47 Å². The van der Waals surface area contributed by atoms with E-state index < -0.39 is 0 Å². The maximum atomic E-state index is 5.88. The Hall–Kier alpha value is -0.240. The van der Waals surface area contributed by atoms with E-state index in [9.17, 15) is 0 Å². The second-order valence-electron chi connectivity index (χ2n) is 12.7. The molecule has 39 heavy (non-hydrogen) atoms. The summed E-state index contributed by atoms with van der Waals surface area (Å²) < 4.78 is 11.2. The van der Waals surface area contributed by atoms with Crippen molar-refractivity contribution in [2.75, 3.05) is 99.9 Å². The lowest BCUT2D eigenvalue weighted by atomic mass is 10.1. The van der Waals surface area contributed by atoms with E-state index in [2.05, 4.69) is 89.2 Å². The molecule has 0 bridgehead atoms. The lowest BCUT2D eigenvalue weighted by Crippen LogP contribution is -2.44. The van der Waals surface area contributed by atoms with Gasteiger partial charge in [-0.3, -0.25) is 9.80 Å². The third-order valence-corrected chi connectivity index (χ3v) is 6.65. The van der Waals surface area contributed by atoms with Gasteiger partial charge in [0.25, 0.3) is 0 Å². The van der Waals surface area contributed by atoms with Crippen molar-refractivity contribution < 1.29 is 9.47 Å². The summed E-state index contributed by atoms with van der Waals surface area (Å²) in [6.45, 7) is 33.2. The average Bonchev–Trinajstić information content (AvgIpc) is 2.88. The zero-order valence-corrected chi connectivity index (χ0v) is 28.9. The maximum Gasteiger partial charge on any atom is 0.0714 e. The predicted molar refractivity (Wildman–Crippen MR) is 174 cm³/mol. The van der Waals surface area contributed by atoms with E-state index in [1.54, 1.807) is 0 Å². The van der Waals surface area contributed by atoms with Gasteiger partial charge in [-0.05, 0) is 84.2 Å². The van der Waals surface area contributed by atoms with Gasteiger partial charge in [-0.1, -0.05) is 68.7 Å². The minimum Gasteiger partial charge on any atom is -0.379 e. The number of ether oxygens (including phenoxy) is 2. The monoisotopic (exact) mass is 559 g/mol. The molecule has 1 unspecified atom stereocenters. The molecule has 0 aliphatic carbocycles. The molecule has 0 radical (unpaired) electrons. The first-order chi connectivity index (χ1) is 18.5. The summed E-state index contributed by atoms with van der Waals surface area (Å²) in [7, 11) is 6.41. The van der Waals surface area contributed by atoms with Gasteiger partial charge in [0.1, 0.15) is 0 Å². The van der Waals surface area contributed by atoms with E-state index in [0.29, 0.717) is 6.10 Å². The predicted octanol–water partition coefficient (Wildman–Crippen LogP) is 6.45. The van der Waals surface area contributed by atoms with Gasteiger partial charge in [-0.25, -0.2) is 0 Å². The van der Waals surface area contributed by atoms with Crippen molar-refractivity contribution in [3.05, 3.63) is 0 Å². The summed E-state index contributed by atoms with van der Waals surface area (Å²) in [4.78, 5) is 9.70. The molecule has 0 saturated carbocycles. The topological polar surface area (TPSA) is 31.4 Å². The van der Waals surface area contributed by atoms with Crippen LogP contribution in [0.1, 0.15) is 94.4 Å². The molecule has 1 atom stereocenters. The van der Waals surface area contributed by atoms with E-state index in [0.717, 1.165) is 70.3 Å². The Morgan fingerprint density at radius 1 is 0.744 bits per heavy atom. The van der Waals surface area contributed by atoms with Crippen LogP contribution in [-0.2, 0) is 9.47 Å². The van der Waals surface area contributed by atoms with Crippen LogP contribution in [0, 0.1) is 17.8 Å². The van der Waals surface area contributed by atoms with Crippen molar-refractivity contribution in [2.45, 2.75) is 101 Å². The van der Waals surface area contributed by atoms with Gasteiger partial charge in [0, 0.05) is 39.3 Å². The highest BCUT2D eigenvalue weighted by atomic mass is 16.5. The molecule has 2 rings (SSSR count). The average molecular weight is 559 g/mol. The Morgan fingerprint density at radius 2 is 1.31 bits per heavy atom. The van der Waals surface area contributed by atoms with Gasteiger partial charge in [0.05, 0.1) is 25.9 Å². The molecular weight excluding hydrogens is 484 g/mol. The molecular formula is C33H74N4O2. The van der Waals surface area contributed by atoms with E-state index in [1.807, 2.05) is 13.8 Å². The molecule has 238 valence electrons. The molecule has 0 aromatic rings. The third kappa shape index (κ3) is 29.1. The van der Waals surface area contributed by atoms with Crippen LogP contribution >= 0.6 is 0 Å². The number of rotatable bonds is 14. The number of hydrogen-bond acceptors (Lipinski definition) is 6. The maximum absolute atomic E-state index is 5.88. The van der Waals surface area contributed by atoms with Crippen molar-refractivity contribution in [1.82, 2.24) is 19.6 Å². The zero-order chi connectivity index (χ0) is 30.1. The minimum absolute atomic E-state index is 0.449. The van der Waals surface area contributed by atoms with Gasteiger partial charge in [0.15, 0.2) is 0 Å². The molecule has 0 aromatic heterocycles. The van der Waals surface area contributed by atoms with E-state index >= 15 is 0 Å². The van der Waals surface area contributed by atoms with E-state index in [-0.39, 0.29) is 0 Å². The van der Waals surface area contributed by atoms with Crippen molar-refractivity contribution >= 4 is 0 Å². The van der Waals surface area contributed by atoms with Crippen LogP contribution in [0.2, 0.25) is 0 Å². The fourth-order valence-electron chi connectivity index (χ4n) is 4.90. The van der Waals surface area contributed by atoms with Crippen LogP contribution in [0.25, 0.3) is 0 Å². The molecule has 2 aliphatic heterocycles. The van der Waals surface area contributed by atoms with Crippen molar-refractivity contribution in [3.63, 3.8) is 0 Å². The summed E-state index contributed by atoms with van der Waals surface area (Å²) in [6, 6.07) is 0. The highest BCUT2D eigenvalue weighted by Crippen LogP contribution is 2.11. The molecule has 6 nitrogen and oxygen atoms in total. The van der Waals surface area contributed by atoms with Crippen LogP contribution in [0.5, 0.6) is 0 Å². The molecule has 2 heterocycles. The molecule has 0 N–H and O–H groups in total. The van der Waals surface area contributed by atoms with Gasteiger partial charge in [0.2, 0.25) is 0 Å². The second kappa shape index (κ2) is 27.9. The number of hydrogen-bond donors (Lipinski definition) is 0. The molecule has 6 heteroatoms. The largest absolute Gasteiger partial charge is 0.379 e. The first-order valence-corrected chi connectivity index (χ1v) is 16.5. The summed E-state index contributed by atoms with van der Waals surface area (Å²) in [5.74, 6) is 2.41. The van der Waals surface area contributed by atoms with Gasteiger partial charge >= 0.3 is 0 Å². The van der Waals surface area contributed by atoms with Crippen LogP contribution in [0.4, 0.5) is 0 Å². The minimum atomic E-state index is 0.449. The highest BCUT2D eigenvalue weighted by Gasteiger charge is 2.20. The molecule has 2 saturated heterocycles. The number of unbranched alkanes of at least 4 members (excludes halogenated alkanes) is 1. The number of morpholine rings is 2. The standard InChI is InChI=1S/C15H32N2O.C10H21NO.C6H15N.C2H6/c1-5-6-8-17-10-11-18-15(13-17)7-9-16(4)12-14(2)3;1-10(2)4-3-5-11-6-8-12-9-7-11;1-6(2)5-7(3)4;1-2/h14-15H,5-13H2,1-4H3;10H,3-9H2,1-2H3;6H,5H2,1-4H3;1-2H3. The third-order valence-electron chi connectivity index (χ3n) is 6.65. The van der Waals surface area contributed by atoms with Crippen molar-refractivity contribution in [1.29, 1.82) is 0 Å². The lowest BCUT2D eigenvalue weighted by molar-refractivity contribution is -0.0353. The fourth-order valence-corrected chi connectivity index (χ4v) is 4.90. The van der Waals surface area contributed by atoms with Crippen molar-refractivity contribution in [3.8, 4) is 0 Å². The highest BCUT2D eigenvalue weighted by molar-refractivity contribution is 4.73. The molecule has 0 spiro atoms. The van der Waals surface area contributed by atoms with Crippen LogP contribution in [-0.4, -0.2) is 126 Å². The van der Waals surface area contributed by atoms with Crippen molar-refractivity contribution in [2.24, 2.45) is 17.8 Å². The van der Waals surface area contributed by atoms with Crippen LogP contribution in [0.15, 0.2) is 0 Å². The summed E-state index contributed by atoms with van der Waals surface area (Å²) in [5.41, 5.74) is 0. The Bertz CT molecular complexity index is 476. The first kappa shape index (κ1) is 40.9. The van der Waals surface area contributed by atoms with Gasteiger partial charge < -0.3 is 19.3 Å². The molecule has 0 aromatic carbocycles. The second-order valence-corrected chi connectivity index (χ2v) is 12.7. The zero-order valence-electron chi connectivity index (χ0n) is 28.9. The Morgan fingerprint density at radius 3 is 1.79 bits per heavy atom.